The largest absolute Gasteiger partial charge is 0.382 e. The van der Waals surface area contributed by atoms with E-state index in [1.165, 1.54) is 10.7 Å². The third-order valence-electron chi connectivity index (χ3n) is 5.19. The predicted molar refractivity (Wildman–Crippen MR) is 131 cm³/mol. The van der Waals surface area contributed by atoms with Crippen LogP contribution in [-0.4, -0.2) is 29.3 Å². The Bertz CT molecular complexity index is 1660. The maximum Gasteiger partial charge on any atom is 0.212 e. The zero-order valence-corrected chi connectivity index (χ0v) is 19.0. The Morgan fingerprint density at radius 1 is 0.970 bits per heavy atom. The lowest BCUT2D eigenvalue weighted by molar-refractivity contribution is 0.597. The molecule has 0 aliphatic carbocycles. The van der Waals surface area contributed by atoms with Gasteiger partial charge >= 0.3 is 0 Å². The number of aryl methyl sites for hydroxylation is 1. The second kappa shape index (κ2) is 7.99. The number of hydrogen-bond donors (Lipinski definition) is 1. The SMILES string of the molecule is Cc1cccc(S(=O)(=O)c2c(N)n(N=Cc3ccc(Cl)cc3)c3nc4ccccc4nc23)c1. The summed E-state index contributed by atoms with van der Waals surface area (Å²) in [5, 5.41) is 5.04. The van der Waals surface area contributed by atoms with Gasteiger partial charge in [-0.15, -0.1) is 0 Å². The third kappa shape index (κ3) is 3.73. The average Bonchev–Trinajstić information content (AvgIpc) is 3.08. The monoisotopic (exact) mass is 475 g/mol. The molecule has 0 amide bonds. The minimum Gasteiger partial charge on any atom is -0.382 e. The molecular formula is C24H18ClN5O2S. The average molecular weight is 476 g/mol. The minimum absolute atomic E-state index is 0.0629. The van der Waals surface area contributed by atoms with Gasteiger partial charge in [-0.1, -0.05) is 48.0 Å². The van der Waals surface area contributed by atoms with Crippen LogP contribution in [0.3, 0.4) is 0 Å². The number of rotatable bonds is 4. The summed E-state index contributed by atoms with van der Waals surface area (Å²) < 4.78 is 28.6. The van der Waals surface area contributed by atoms with Crippen LogP contribution in [0.4, 0.5) is 5.82 Å². The highest BCUT2D eigenvalue weighted by molar-refractivity contribution is 7.92. The van der Waals surface area contributed by atoms with Crippen molar-refractivity contribution in [2.75, 3.05) is 5.73 Å². The van der Waals surface area contributed by atoms with Gasteiger partial charge in [-0.05, 0) is 54.4 Å². The molecule has 0 aliphatic rings. The van der Waals surface area contributed by atoms with Crippen molar-refractivity contribution < 1.29 is 8.42 Å². The Balaban J connectivity index is 1.79. The van der Waals surface area contributed by atoms with E-state index in [1.54, 1.807) is 54.7 Å². The number of benzene rings is 3. The van der Waals surface area contributed by atoms with Crippen LogP contribution in [0.25, 0.3) is 22.2 Å². The van der Waals surface area contributed by atoms with Crippen molar-refractivity contribution in [3.05, 3.63) is 88.9 Å². The number of fused-ring (bicyclic) bond motifs is 2. The fourth-order valence-electron chi connectivity index (χ4n) is 3.58. The van der Waals surface area contributed by atoms with E-state index in [2.05, 4.69) is 15.1 Å². The molecule has 2 aromatic heterocycles. The van der Waals surface area contributed by atoms with Crippen molar-refractivity contribution >= 4 is 55.7 Å². The highest BCUT2D eigenvalue weighted by Crippen LogP contribution is 2.35. The van der Waals surface area contributed by atoms with Gasteiger partial charge in [0.1, 0.15) is 16.2 Å². The Hall–Kier alpha value is -3.75. The summed E-state index contributed by atoms with van der Waals surface area (Å²) >= 11 is 5.96. The molecule has 0 radical (unpaired) electrons. The van der Waals surface area contributed by atoms with Crippen LogP contribution < -0.4 is 5.73 Å². The molecule has 164 valence electrons. The van der Waals surface area contributed by atoms with E-state index < -0.39 is 9.84 Å². The first-order valence-corrected chi connectivity index (χ1v) is 11.9. The highest BCUT2D eigenvalue weighted by Gasteiger charge is 2.30. The fourth-order valence-corrected chi connectivity index (χ4v) is 5.29. The van der Waals surface area contributed by atoms with E-state index in [-0.39, 0.29) is 26.8 Å². The standard InChI is InChI=1S/C24H18ClN5O2S/c1-15-5-4-6-18(13-15)33(31,32)22-21-24(29-20-8-3-2-7-19(20)28-21)30(23(22)26)27-14-16-9-11-17(25)12-10-16/h2-14H,26H2,1H3. The predicted octanol–water partition coefficient (Wildman–Crippen LogP) is 4.84. The maximum atomic E-state index is 13.7. The number of hydrogen-bond acceptors (Lipinski definition) is 6. The molecule has 5 rings (SSSR count). The van der Waals surface area contributed by atoms with Crippen LogP contribution in [0.15, 0.2) is 87.7 Å². The second-order valence-electron chi connectivity index (χ2n) is 7.53. The second-order valence-corrected chi connectivity index (χ2v) is 9.85. The van der Waals surface area contributed by atoms with Crippen molar-refractivity contribution in [3.63, 3.8) is 0 Å². The van der Waals surface area contributed by atoms with Crippen molar-refractivity contribution in [1.29, 1.82) is 0 Å². The quantitative estimate of drug-likeness (QED) is 0.374. The van der Waals surface area contributed by atoms with Crippen LogP contribution in [0.2, 0.25) is 5.02 Å². The first-order chi connectivity index (χ1) is 15.8. The molecule has 5 aromatic rings. The molecule has 33 heavy (non-hydrogen) atoms. The van der Waals surface area contributed by atoms with Crippen molar-refractivity contribution in [2.24, 2.45) is 5.10 Å². The number of anilines is 1. The van der Waals surface area contributed by atoms with Crippen LogP contribution >= 0.6 is 11.6 Å². The van der Waals surface area contributed by atoms with Gasteiger partial charge < -0.3 is 5.73 Å². The lowest BCUT2D eigenvalue weighted by Crippen LogP contribution is -2.07. The summed E-state index contributed by atoms with van der Waals surface area (Å²) in [4.78, 5) is 9.25. The van der Waals surface area contributed by atoms with Crippen molar-refractivity contribution in [3.8, 4) is 0 Å². The van der Waals surface area contributed by atoms with Gasteiger partial charge in [0.15, 0.2) is 5.65 Å². The summed E-state index contributed by atoms with van der Waals surface area (Å²) in [6, 6.07) is 20.9. The third-order valence-corrected chi connectivity index (χ3v) is 7.26. The molecule has 0 bridgehead atoms. The number of nitrogens with zero attached hydrogens (tertiary/aromatic N) is 4. The first-order valence-electron chi connectivity index (χ1n) is 10.0. The summed E-state index contributed by atoms with van der Waals surface area (Å²) in [6.07, 6.45) is 1.56. The van der Waals surface area contributed by atoms with Crippen LogP contribution in [0.5, 0.6) is 0 Å². The Labute approximate surface area is 195 Å². The number of nitrogen functional groups attached to an aromatic ring is 1. The molecule has 0 fully saturated rings. The lowest BCUT2D eigenvalue weighted by Gasteiger charge is -2.06. The van der Waals surface area contributed by atoms with Gasteiger partial charge in [0.25, 0.3) is 0 Å². The van der Waals surface area contributed by atoms with E-state index in [4.69, 9.17) is 17.3 Å². The molecule has 0 unspecified atom stereocenters. The van der Waals surface area contributed by atoms with Gasteiger partial charge in [0, 0.05) is 5.02 Å². The summed E-state index contributed by atoms with van der Waals surface area (Å²) in [6.45, 7) is 1.83. The van der Waals surface area contributed by atoms with Gasteiger partial charge in [-0.25, -0.2) is 18.4 Å². The van der Waals surface area contributed by atoms with E-state index in [0.717, 1.165) is 11.1 Å². The number of sulfone groups is 1. The topological polar surface area (TPSA) is 103 Å². The molecule has 0 saturated carbocycles. The highest BCUT2D eigenvalue weighted by atomic mass is 35.5. The summed E-state index contributed by atoms with van der Waals surface area (Å²) in [5.41, 5.74) is 9.56. The first kappa shape index (κ1) is 21.1. The van der Waals surface area contributed by atoms with E-state index >= 15 is 0 Å². The molecule has 2 heterocycles. The normalized spacial score (nSPS) is 12.2. The zero-order valence-electron chi connectivity index (χ0n) is 17.5. The lowest BCUT2D eigenvalue weighted by atomic mass is 10.2. The van der Waals surface area contributed by atoms with E-state index in [1.807, 2.05) is 25.1 Å². The molecule has 2 N–H and O–H groups in total. The van der Waals surface area contributed by atoms with Crippen LogP contribution in [-0.2, 0) is 9.84 Å². The van der Waals surface area contributed by atoms with Gasteiger partial charge in [0.2, 0.25) is 9.84 Å². The Morgan fingerprint density at radius 3 is 2.36 bits per heavy atom. The zero-order chi connectivity index (χ0) is 23.2. The van der Waals surface area contributed by atoms with E-state index in [0.29, 0.717) is 16.1 Å². The summed E-state index contributed by atoms with van der Waals surface area (Å²) in [5.74, 6) is -0.0629. The summed E-state index contributed by atoms with van der Waals surface area (Å²) in [7, 11) is -3.99. The molecule has 9 heteroatoms. The van der Waals surface area contributed by atoms with Gasteiger partial charge in [0.05, 0.1) is 22.1 Å². The molecular weight excluding hydrogens is 458 g/mol. The number of nitrogens with two attached hydrogens (primary N) is 1. The maximum absolute atomic E-state index is 13.7. The van der Waals surface area contributed by atoms with Gasteiger partial charge in [-0.2, -0.15) is 9.78 Å². The van der Waals surface area contributed by atoms with Gasteiger partial charge in [-0.3, -0.25) is 0 Å². The molecule has 0 aliphatic heterocycles. The molecule has 0 saturated heterocycles. The minimum atomic E-state index is -3.99. The smallest absolute Gasteiger partial charge is 0.212 e. The van der Waals surface area contributed by atoms with Crippen LogP contribution in [0.1, 0.15) is 11.1 Å². The van der Waals surface area contributed by atoms with E-state index in [9.17, 15) is 8.42 Å². The fraction of sp³-hybridized carbons (Fsp3) is 0.0417. The Morgan fingerprint density at radius 2 is 1.67 bits per heavy atom. The molecule has 0 atom stereocenters. The molecule has 0 spiro atoms. The van der Waals surface area contributed by atoms with Crippen molar-refractivity contribution in [2.45, 2.75) is 16.7 Å². The van der Waals surface area contributed by atoms with Crippen LogP contribution in [0, 0.1) is 6.92 Å². The molecule has 7 nitrogen and oxygen atoms in total. The number of halogens is 1. The Kier molecular flexibility index (Phi) is 5.11. The number of aromatic nitrogens is 3. The number of para-hydroxylation sites is 2. The van der Waals surface area contributed by atoms with Crippen molar-refractivity contribution in [1.82, 2.24) is 14.6 Å². The molecule has 3 aromatic carbocycles.